The van der Waals surface area contributed by atoms with Gasteiger partial charge in [0, 0.05) is 30.2 Å². The van der Waals surface area contributed by atoms with Gasteiger partial charge < -0.3 is 19.6 Å². The number of rotatable bonds is 4. The Hall–Kier alpha value is -2.76. The number of imidazole rings is 1. The van der Waals surface area contributed by atoms with Gasteiger partial charge in [-0.3, -0.25) is 0 Å². The van der Waals surface area contributed by atoms with E-state index in [-0.39, 0.29) is 5.75 Å². The predicted molar refractivity (Wildman–Crippen MR) is 83.3 cm³/mol. The fraction of sp³-hybridized carbons (Fsp3) is 0.250. The molecule has 2 aromatic heterocycles. The average molecular weight is 296 g/mol. The van der Waals surface area contributed by atoms with Crippen LogP contribution in [0.3, 0.4) is 0 Å². The van der Waals surface area contributed by atoms with Gasteiger partial charge in [-0.15, -0.1) is 0 Å². The normalized spacial score (nSPS) is 14.2. The molecule has 22 heavy (non-hydrogen) atoms. The first-order valence-electron chi connectivity index (χ1n) is 7.22. The Morgan fingerprint density at radius 1 is 1.36 bits per heavy atom. The lowest BCUT2D eigenvalue weighted by Gasteiger charge is -2.10. The first-order valence-corrected chi connectivity index (χ1v) is 7.22. The van der Waals surface area contributed by atoms with E-state index in [2.05, 4.69) is 10.3 Å². The van der Waals surface area contributed by atoms with E-state index in [1.165, 1.54) is 20.0 Å². The Bertz CT molecular complexity index is 839. The molecule has 3 aromatic rings. The number of aromatic hydroxyl groups is 1. The first kappa shape index (κ1) is 12.9. The monoisotopic (exact) mass is 296 g/mol. The number of benzene rings is 1. The SMILES string of the molecule is COc1cc(-c2cn3ccnc3c(NC3CC3)n2)ccc1O. The minimum Gasteiger partial charge on any atom is -0.504 e. The summed E-state index contributed by atoms with van der Waals surface area (Å²) in [5.74, 6) is 1.34. The van der Waals surface area contributed by atoms with Crippen molar-refractivity contribution in [2.75, 3.05) is 12.4 Å². The number of aromatic nitrogens is 3. The number of nitrogens with one attached hydrogen (secondary N) is 1. The molecule has 0 radical (unpaired) electrons. The summed E-state index contributed by atoms with van der Waals surface area (Å²) in [6.07, 6.45) is 7.93. The van der Waals surface area contributed by atoms with Gasteiger partial charge in [0.25, 0.3) is 0 Å². The number of phenolic OH excluding ortho intramolecular Hbond substituents is 1. The number of hydrogen-bond acceptors (Lipinski definition) is 5. The summed E-state index contributed by atoms with van der Waals surface area (Å²) in [7, 11) is 1.53. The number of anilines is 1. The van der Waals surface area contributed by atoms with E-state index in [1.807, 2.05) is 22.9 Å². The molecule has 1 fully saturated rings. The molecular formula is C16H16N4O2. The second kappa shape index (κ2) is 4.91. The lowest BCUT2D eigenvalue weighted by atomic mass is 10.1. The van der Waals surface area contributed by atoms with Crippen LogP contribution >= 0.6 is 0 Å². The van der Waals surface area contributed by atoms with Gasteiger partial charge in [0.1, 0.15) is 0 Å². The van der Waals surface area contributed by atoms with Crippen LogP contribution in [0.5, 0.6) is 11.5 Å². The fourth-order valence-corrected chi connectivity index (χ4v) is 2.43. The van der Waals surface area contributed by atoms with E-state index in [4.69, 9.17) is 9.72 Å². The van der Waals surface area contributed by atoms with E-state index in [9.17, 15) is 5.11 Å². The quantitative estimate of drug-likeness (QED) is 0.774. The van der Waals surface area contributed by atoms with Gasteiger partial charge in [0.15, 0.2) is 23.0 Å². The van der Waals surface area contributed by atoms with Crippen molar-refractivity contribution in [3.05, 3.63) is 36.8 Å². The van der Waals surface area contributed by atoms with Crippen LogP contribution in [0.1, 0.15) is 12.8 Å². The molecule has 1 aliphatic rings. The summed E-state index contributed by atoms with van der Waals surface area (Å²) >= 11 is 0. The fourth-order valence-electron chi connectivity index (χ4n) is 2.43. The predicted octanol–water partition coefficient (Wildman–Crippen LogP) is 2.68. The van der Waals surface area contributed by atoms with Crippen molar-refractivity contribution in [2.24, 2.45) is 0 Å². The molecule has 0 spiro atoms. The van der Waals surface area contributed by atoms with Crippen molar-refractivity contribution in [2.45, 2.75) is 18.9 Å². The van der Waals surface area contributed by atoms with Gasteiger partial charge in [0.2, 0.25) is 0 Å². The van der Waals surface area contributed by atoms with Crippen LogP contribution in [-0.2, 0) is 0 Å². The zero-order valence-electron chi connectivity index (χ0n) is 12.2. The molecule has 0 unspecified atom stereocenters. The second-order valence-electron chi connectivity index (χ2n) is 5.44. The maximum Gasteiger partial charge on any atom is 0.180 e. The topological polar surface area (TPSA) is 71.7 Å². The smallest absolute Gasteiger partial charge is 0.180 e. The Balaban J connectivity index is 1.83. The van der Waals surface area contributed by atoms with Crippen molar-refractivity contribution in [1.82, 2.24) is 14.4 Å². The molecule has 4 rings (SSSR count). The first-order chi connectivity index (χ1) is 10.7. The number of nitrogens with zero attached hydrogens (tertiary/aromatic N) is 3. The van der Waals surface area contributed by atoms with Gasteiger partial charge in [0.05, 0.1) is 12.8 Å². The van der Waals surface area contributed by atoms with Gasteiger partial charge in [-0.05, 0) is 31.0 Å². The summed E-state index contributed by atoms with van der Waals surface area (Å²) in [6.45, 7) is 0. The van der Waals surface area contributed by atoms with Gasteiger partial charge in [-0.25, -0.2) is 9.97 Å². The highest BCUT2D eigenvalue weighted by molar-refractivity contribution is 5.71. The van der Waals surface area contributed by atoms with Crippen LogP contribution in [-0.4, -0.2) is 32.6 Å². The Kier molecular flexibility index (Phi) is 2.89. The zero-order valence-corrected chi connectivity index (χ0v) is 12.2. The third-order valence-electron chi connectivity index (χ3n) is 3.77. The molecule has 2 heterocycles. The van der Waals surface area contributed by atoms with Crippen molar-refractivity contribution in [3.63, 3.8) is 0 Å². The minimum absolute atomic E-state index is 0.117. The van der Waals surface area contributed by atoms with Gasteiger partial charge >= 0.3 is 0 Å². The molecule has 1 aliphatic carbocycles. The molecule has 1 aromatic carbocycles. The lowest BCUT2D eigenvalue weighted by molar-refractivity contribution is 0.373. The average Bonchev–Trinajstić information content (AvgIpc) is 3.21. The van der Waals surface area contributed by atoms with Crippen LogP contribution in [0.15, 0.2) is 36.8 Å². The second-order valence-corrected chi connectivity index (χ2v) is 5.44. The van der Waals surface area contributed by atoms with Crippen LogP contribution in [0.25, 0.3) is 16.9 Å². The highest BCUT2D eigenvalue weighted by Gasteiger charge is 2.23. The molecule has 0 aliphatic heterocycles. The highest BCUT2D eigenvalue weighted by atomic mass is 16.5. The third-order valence-corrected chi connectivity index (χ3v) is 3.77. The summed E-state index contributed by atoms with van der Waals surface area (Å²) in [4.78, 5) is 9.05. The summed E-state index contributed by atoms with van der Waals surface area (Å²) < 4.78 is 7.12. The molecule has 6 nitrogen and oxygen atoms in total. The highest BCUT2D eigenvalue weighted by Crippen LogP contribution is 2.32. The van der Waals surface area contributed by atoms with Crippen molar-refractivity contribution >= 4 is 11.5 Å². The summed E-state index contributed by atoms with van der Waals surface area (Å²) in [5.41, 5.74) is 2.50. The molecule has 6 heteroatoms. The van der Waals surface area contributed by atoms with Crippen LogP contribution in [0.2, 0.25) is 0 Å². The van der Waals surface area contributed by atoms with Crippen molar-refractivity contribution < 1.29 is 9.84 Å². The Labute approximate surface area is 127 Å². The molecule has 0 amide bonds. The number of fused-ring (bicyclic) bond motifs is 1. The summed E-state index contributed by atoms with van der Waals surface area (Å²) in [6, 6.07) is 5.71. The molecular weight excluding hydrogens is 280 g/mol. The molecule has 0 atom stereocenters. The molecule has 0 saturated heterocycles. The van der Waals surface area contributed by atoms with E-state index in [0.29, 0.717) is 11.8 Å². The van der Waals surface area contributed by atoms with Gasteiger partial charge in [-0.2, -0.15) is 0 Å². The van der Waals surface area contributed by atoms with E-state index in [1.54, 1.807) is 18.3 Å². The number of ether oxygens (including phenoxy) is 1. The number of phenols is 1. The molecule has 0 bridgehead atoms. The largest absolute Gasteiger partial charge is 0.504 e. The summed E-state index contributed by atoms with van der Waals surface area (Å²) in [5, 5.41) is 13.1. The van der Waals surface area contributed by atoms with Crippen LogP contribution in [0.4, 0.5) is 5.82 Å². The van der Waals surface area contributed by atoms with E-state index >= 15 is 0 Å². The minimum atomic E-state index is 0.117. The van der Waals surface area contributed by atoms with Crippen molar-refractivity contribution in [1.29, 1.82) is 0 Å². The lowest BCUT2D eigenvalue weighted by Crippen LogP contribution is -2.06. The number of hydrogen-bond donors (Lipinski definition) is 2. The third kappa shape index (κ3) is 2.22. The molecule has 112 valence electrons. The zero-order chi connectivity index (χ0) is 15.1. The van der Waals surface area contributed by atoms with Crippen LogP contribution in [0, 0.1) is 0 Å². The van der Waals surface area contributed by atoms with Gasteiger partial charge in [-0.1, -0.05) is 0 Å². The van der Waals surface area contributed by atoms with Crippen LogP contribution < -0.4 is 10.1 Å². The maximum atomic E-state index is 9.73. The molecule has 2 N–H and O–H groups in total. The Morgan fingerprint density at radius 3 is 3.00 bits per heavy atom. The number of methoxy groups -OCH3 is 1. The van der Waals surface area contributed by atoms with E-state index < -0.39 is 0 Å². The van der Waals surface area contributed by atoms with E-state index in [0.717, 1.165) is 22.7 Å². The maximum absolute atomic E-state index is 9.73. The van der Waals surface area contributed by atoms with Crippen molar-refractivity contribution in [3.8, 4) is 22.8 Å². The standard InChI is InChI=1S/C16H16N4O2/c1-22-14-8-10(2-5-13(14)21)12-9-20-7-6-17-16(20)15(19-12)18-11-3-4-11/h2,5-9,11,21H,3-4H2,1H3,(H,18,19). The molecule has 1 saturated carbocycles. The Morgan fingerprint density at radius 2 is 2.23 bits per heavy atom.